The van der Waals surface area contributed by atoms with Crippen molar-refractivity contribution in [3.8, 4) is 0 Å². The predicted molar refractivity (Wildman–Crippen MR) is 60.3 cm³/mol. The van der Waals surface area contributed by atoms with Gasteiger partial charge in [0.15, 0.2) is 0 Å². The lowest BCUT2D eigenvalue weighted by molar-refractivity contribution is 0.218. The molecule has 1 atom stereocenters. The van der Waals surface area contributed by atoms with Crippen molar-refractivity contribution in [2.24, 2.45) is 11.8 Å². The van der Waals surface area contributed by atoms with E-state index in [-0.39, 0.29) is 6.61 Å². The van der Waals surface area contributed by atoms with Crippen LogP contribution in [0.5, 0.6) is 0 Å². The SMILES string of the molecule is CCC(CO)NCC1CCC(C)CC1. The molecule has 2 nitrogen and oxygen atoms in total. The second-order valence-corrected chi connectivity index (χ2v) is 4.82. The Morgan fingerprint density at radius 2 is 1.93 bits per heavy atom. The van der Waals surface area contributed by atoms with Crippen molar-refractivity contribution in [2.75, 3.05) is 13.2 Å². The third kappa shape index (κ3) is 3.97. The van der Waals surface area contributed by atoms with Gasteiger partial charge in [0, 0.05) is 6.04 Å². The Labute approximate surface area is 88.1 Å². The van der Waals surface area contributed by atoms with Crippen LogP contribution in [0.4, 0.5) is 0 Å². The Morgan fingerprint density at radius 1 is 1.29 bits per heavy atom. The summed E-state index contributed by atoms with van der Waals surface area (Å²) in [5.41, 5.74) is 0. The fourth-order valence-electron chi connectivity index (χ4n) is 2.20. The van der Waals surface area contributed by atoms with E-state index >= 15 is 0 Å². The molecule has 0 radical (unpaired) electrons. The van der Waals surface area contributed by atoms with Crippen LogP contribution in [0.1, 0.15) is 46.0 Å². The molecule has 14 heavy (non-hydrogen) atoms. The van der Waals surface area contributed by atoms with Gasteiger partial charge in [0.25, 0.3) is 0 Å². The number of hydrogen-bond acceptors (Lipinski definition) is 2. The first kappa shape index (κ1) is 12.0. The molecule has 0 spiro atoms. The highest BCUT2D eigenvalue weighted by molar-refractivity contribution is 4.73. The summed E-state index contributed by atoms with van der Waals surface area (Å²) in [6.45, 7) is 5.86. The van der Waals surface area contributed by atoms with Crippen molar-refractivity contribution in [2.45, 2.75) is 52.0 Å². The second kappa shape index (κ2) is 6.41. The van der Waals surface area contributed by atoms with Crippen LogP contribution in [0.15, 0.2) is 0 Å². The van der Waals surface area contributed by atoms with Gasteiger partial charge >= 0.3 is 0 Å². The van der Waals surface area contributed by atoms with E-state index in [9.17, 15) is 0 Å². The smallest absolute Gasteiger partial charge is 0.0584 e. The van der Waals surface area contributed by atoms with E-state index in [1.54, 1.807) is 0 Å². The molecule has 1 rings (SSSR count). The largest absolute Gasteiger partial charge is 0.395 e. The van der Waals surface area contributed by atoms with Crippen LogP contribution in [0, 0.1) is 11.8 Å². The summed E-state index contributed by atoms with van der Waals surface area (Å²) < 4.78 is 0. The highest BCUT2D eigenvalue weighted by atomic mass is 16.3. The van der Waals surface area contributed by atoms with E-state index in [4.69, 9.17) is 5.11 Å². The Kier molecular flexibility index (Phi) is 5.49. The Morgan fingerprint density at radius 3 is 2.43 bits per heavy atom. The van der Waals surface area contributed by atoms with Crippen molar-refractivity contribution < 1.29 is 5.11 Å². The molecule has 0 aliphatic heterocycles. The minimum atomic E-state index is 0.277. The fourth-order valence-corrected chi connectivity index (χ4v) is 2.20. The molecule has 0 saturated heterocycles. The van der Waals surface area contributed by atoms with Crippen LogP contribution >= 0.6 is 0 Å². The highest BCUT2D eigenvalue weighted by Gasteiger charge is 2.18. The molecular formula is C12H25NO. The molecule has 0 bridgehead atoms. The summed E-state index contributed by atoms with van der Waals surface area (Å²) in [6, 6.07) is 0.314. The molecule has 1 aliphatic carbocycles. The van der Waals surface area contributed by atoms with Crippen LogP contribution < -0.4 is 5.32 Å². The molecule has 0 aromatic carbocycles. The average molecular weight is 199 g/mol. The van der Waals surface area contributed by atoms with Crippen molar-refractivity contribution in [3.63, 3.8) is 0 Å². The van der Waals surface area contributed by atoms with Gasteiger partial charge in [-0.1, -0.05) is 26.7 Å². The maximum absolute atomic E-state index is 9.04. The summed E-state index contributed by atoms with van der Waals surface area (Å²) in [7, 11) is 0. The molecule has 0 aromatic rings. The van der Waals surface area contributed by atoms with E-state index in [1.807, 2.05) is 0 Å². The lowest BCUT2D eigenvalue weighted by Gasteiger charge is -2.27. The third-order valence-electron chi connectivity index (χ3n) is 3.54. The lowest BCUT2D eigenvalue weighted by atomic mass is 9.83. The first-order valence-corrected chi connectivity index (χ1v) is 6.10. The van der Waals surface area contributed by atoms with Crippen molar-refractivity contribution in [1.29, 1.82) is 0 Å². The topological polar surface area (TPSA) is 32.3 Å². The number of aliphatic hydroxyl groups is 1. The number of aliphatic hydroxyl groups excluding tert-OH is 1. The van der Waals surface area contributed by atoms with Crippen LogP contribution in [-0.2, 0) is 0 Å². The van der Waals surface area contributed by atoms with Gasteiger partial charge < -0.3 is 10.4 Å². The summed E-state index contributed by atoms with van der Waals surface area (Å²) in [4.78, 5) is 0. The van der Waals surface area contributed by atoms with Gasteiger partial charge in [-0.3, -0.25) is 0 Å². The van der Waals surface area contributed by atoms with Crippen LogP contribution in [0.2, 0.25) is 0 Å². The summed E-state index contributed by atoms with van der Waals surface area (Å²) in [6.07, 6.45) is 6.55. The zero-order chi connectivity index (χ0) is 10.4. The molecule has 1 unspecified atom stereocenters. The lowest BCUT2D eigenvalue weighted by Crippen LogP contribution is -2.36. The maximum Gasteiger partial charge on any atom is 0.0584 e. The summed E-state index contributed by atoms with van der Waals surface area (Å²) in [5.74, 6) is 1.79. The van der Waals surface area contributed by atoms with Gasteiger partial charge in [0.05, 0.1) is 6.61 Å². The predicted octanol–water partition coefficient (Wildman–Crippen LogP) is 2.17. The first-order chi connectivity index (χ1) is 6.76. The van der Waals surface area contributed by atoms with Crippen molar-refractivity contribution >= 4 is 0 Å². The molecule has 84 valence electrons. The molecule has 1 aliphatic rings. The van der Waals surface area contributed by atoms with Gasteiger partial charge in [0.1, 0.15) is 0 Å². The molecule has 0 heterocycles. The van der Waals surface area contributed by atoms with Gasteiger partial charge in [-0.25, -0.2) is 0 Å². The molecule has 1 saturated carbocycles. The third-order valence-corrected chi connectivity index (χ3v) is 3.54. The summed E-state index contributed by atoms with van der Waals surface area (Å²) in [5, 5.41) is 12.5. The Balaban J connectivity index is 2.12. The number of rotatable bonds is 5. The Hall–Kier alpha value is -0.0800. The van der Waals surface area contributed by atoms with E-state index in [0.29, 0.717) is 6.04 Å². The molecule has 2 N–H and O–H groups in total. The number of nitrogens with one attached hydrogen (secondary N) is 1. The molecule has 1 fully saturated rings. The fraction of sp³-hybridized carbons (Fsp3) is 1.00. The zero-order valence-electron chi connectivity index (χ0n) is 9.63. The minimum absolute atomic E-state index is 0.277. The normalized spacial score (nSPS) is 30.2. The van der Waals surface area contributed by atoms with Crippen LogP contribution in [0.25, 0.3) is 0 Å². The number of hydrogen-bond donors (Lipinski definition) is 2. The highest BCUT2D eigenvalue weighted by Crippen LogP contribution is 2.27. The van der Waals surface area contributed by atoms with Crippen LogP contribution in [0.3, 0.4) is 0 Å². The second-order valence-electron chi connectivity index (χ2n) is 4.82. The van der Waals surface area contributed by atoms with E-state index in [1.165, 1.54) is 25.7 Å². The average Bonchev–Trinajstić information content (AvgIpc) is 2.22. The monoisotopic (exact) mass is 199 g/mol. The van der Waals surface area contributed by atoms with Crippen molar-refractivity contribution in [1.82, 2.24) is 5.32 Å². The van der Waals surface area contributed by atoms with E-state index < -0.39 is 0 Å². The van der Waals surface area contributed by atoms with E-state index in [0.717, 1.165) is 24.8 Å². The van der Waals surface area contributed by atoms with Gasteiger partial charge in [0.2, 0.25) is 0 Å². The summed E-state index contributed by atoms with van der Waals surface area (Å²) >= 11 is 0. The molecule has 0 aromatic heterocycles. The van der Waals surface area contributed by atoms with Gasteiger partial charge in [-0.15, -0.1) is 0 Å². The first-order valence-electron chi connectivity index (χ1n) is 6.10. The van der Waals surface area contributed by atoms with Gasteiger partial charge in [-0.05, 0) is 37.6 Å². The maximum atomic E-state index is 9.04. The zero-order valence-corrected chi connectivity index (χ0v) is 9.63. The molecule has 0 amide bonds. The quantitative estimate of drug-likeness (QED) is 0.711. The molecular weight excluding hydrogens is 174 g/mol. The van der Waals surface area contributed by atoms with E-state index in [2.05, 4.69) is 19.2 Å². The standard InChI is InChI=1S/C12H25NO/c1-3-12(9-14)13-8-11-6-4-10(2)5-7-11/h10-14H,3-9H2,1-2H3. The minimum Gasteiger partial charge on any atom is -0.395 e. The van der Waals surface area contributed by atoms with Crippen molar-refractivity contribution in [3.05, 3.63) is 0 Å². The Bertz CT molecular complexity index is 137. The van der Waals surface area contributed by atoms with Gasteiger partial charge in [-0.2, -0.15) is 0 Å². The van der Waals surface area contributed by atoms with Crippen LogP contribution in [-0.4, -0.2) is 24.3 Å². The molecule has 2 heteroatoms.